The zero-order valence-corrected chi connectivity index (χ0v) is 46.7. The number of carbonyl (C=O) groups excluding carboxylic acids is 4. The van der Waals surface area contributed by atoms with Gasteiger partial charge in [-0.2, -0.15) is 4.37 Å². The molecule has 3 atom stereocenters. The summed E-state index contributed by atoms with van der Waals surface area (Å²) in [6.45, 7) is 11.8. The number of hydrogen-bond acceptors (Lipinski definition) is 13. The lowest BCUT2D eigenvalue weighted by atomic mass is 10.0. The maximum atomic E-state index is 13.2. The Morgan fingerprint density at radius 2 is 1.01 bits per heavy atom. The zero-order chi connectivity index (χ0) is 51.6. The minimum Gasteiger partial charge on any atom is -0.475 e. The van der Waals surface area contributed by atoms with E-state index in [0.29, 0.717) is 23.5 Å². The summed E-state index contributed by atoms with van der Waals surface area (Å²) in [5.41, 5.74) is 1.76. The summed E-state index contributed by atoms with van der Waals surface area (Å²) in [7, 11) is 2.04. The van der Waals surface area contributed by atoms with E-state index in [1.54, 1.807) is 6.92 Å². The van der Waals surface area contributed by atoms with E-state index in [2.05, 4.69) is 35.6 Å². The quantitative estimate of drug-likeness (QED) is 0.0265. The molecule has 1 aromatic rings. The normalized spacial score (nSPS) is 15.5. The Balaban J connectivity index is 1.78. The predicted octanol–water partition coefficient (Wildman–Crippen LogP) is 15.2. The maximum absolute atomic E-state index is 13.2. The van der Waals surface area contributed by atoms with Crippen molar-refractivity contribution in [2.24, 2.45) is 5.92 Å². The molecule has 2 rings (SSSR count). The lowest BCUT2D eigenvalue weighted by Gasteiger charge is -2.41. The fourth-order valence-corrected chi connectivity index (χ4v) is 9.54. The van der Waals surface area contributed by atoms with Gasteiger partial charge in [0.1, 0.15) is 25.5 Å². The minimum atomic E-state index is -0.950. The van der Waals surface area contributed by atoms with Gasteiger partial charge in [0.15, 0.2) is 6.10 Å². The third-order valence-corrected chi connectivity index (χ3v) is 14.3. The first-order valence-electron chi connectivity index (χ1n) is 28.8. The molecular weight excluding hydrogens is 919 g/mol. The number of esters is 3. The van der Waals surface area contributed by atoms with Crippen molar-refractivity contribution < 1.29 is 52.1 Å². The fraction of sp³-hybridized carbons (Fsp3) is 0.860. The van der Waals surface area contributed by atoms with E-state index < -0.39 is 30.4 Å². The van der Waals surface area contributed by atoms with E-state index in [1.807, 2.05) is 14.0 Å². The van der Waals surface area contributed by atoms with Gasteiger partial charge in [0.2, 0.25) is 6.23 Å². The monoisotopic (exact) mass is 1020 g/mol. The fourth-order valence-electron chi connectivity index (χ4n) is 9.01. The van der Waals surface area contributed by atoms with Gasteiger partial charge in [-0.3, -0.25) is 18.9 Å². The summed E-state index contributed by atoms with van der Waals surface area (Å²) in [5.74, 6) is -1.13. The van der Waals surface area contributed by atoms with Gasteiger partial charge < -0.3 is 28.4 Å². The van der Waals surface area contributed by atoms with Crippen LogP contribution in [0.2, 0.25) is 0 Å². The molecule has 0 amide bonds. The predicted molar refractivity (Wildman–Crippen MR) is 286 cm³/mol. The van der Waals surface area contributed by atoms with E-state index in [1.165, 1.54) is 135 Å². The van der Waals surface area contributed by atoms with Crippen LogP contribution in [0.4, 0.5) is 4.79 Å². The number of likely N-dealkylation sites (N-methyl/N-ethyl adjacent to an activating group) is 1. The Morgan fingerprint density at radius 1 is 0.563 bits per heavy atom. The molecule has 0 aromatic carbocycles. The lowest BCUT2D eigenvalue weighted by Crippen LogP contribution is -2.55. The summed E-state index contributed by atoms with van der Waals surface area (Å²) in [6.07, 6.45) is 37.3. The number of ether oxygens (including phenoxy) is 6. The third-order valence-electron chi connectivity index (χ3n) is 13.8. The topological polar surface area (TPSA) is 149 Å². The van der Waals surface area contributed by atoms with Gasteiger partial charge in [-0.25, -0.2) is 4.79 Å². The van der Waals surface area contributed by atoms with Crippen molar-refractivity contribution in [2.45, 2.75) is 265 Å². The first-order valence-corrected chi connectivity index (χ1v) is 29.6. The second-order valence-corrected chi connectivity index (χ2v) is 21.3. The number of nitrogens with zero attached hydrogens (tertiary/aromatic N) is 3. The molecule has 1 aliphatic rings. The molecule has 410 valence electrons. The SMILES string of the molecule is CCCCCCCCCCCCCCCC(=O)OCC(COC(=O)CCCCCCCCCCCCCCC)OC(=O)CC(C)COC(=O)O[C@H](C)[N+]1(C)CCC=C(c2nsnc2OCCCCCC)C1. The van der Waals surface area contributed by atoms with Crippen LogP contribution in [0.15, 0.2) is 6.08 Å². The molecule has 0 bridgehead atoms. The average Bonchev–Trinajstić information content (AvgIpc) is 3.83. The number of carbonyl (C=O) groups is 4. The summed E-state index contributed by atoms with van der Waals surface area (Å²) >= 11 is 1.13. The van der Waals surface area contributed by atoms with Gasteiger partial charge in [-0.1, -0.05) is 207 Å². The number of rotatable bonds is 46. The molecule has 0 N–H and O–H groups in total. The molecule has 1 aromatic heterocycles. The Bertz CT molecular complexity index is 1510. The molecule has 71 heavy (non-hydrogen) atoms. The molecule has 0 fully saturated rings. The van der Waals surface area contributed by atoms with Crippen LogP contribution in [0, 0.1) is 5.92 Å². The largest absolute Gasteiger partial charge is 0.512 e. The maximum Gasteiger partial charge on any atom is 0.512 e. The highest BCUT2D eigenvalue weighted by molar-refractivity contribution is 6.99. The van der Waals surface area contributed by atoms with E-state index in [4.69, 9.17) is 28.4 Å². The molecule has 0 radical (unpaired) electrons. The van der Waals surface area contributed by atoms with Crippen molar-refractivity contribution in [3.05, 3.63) is 11.8 Å². The molecule has 0 aliphatic carbocycles. The van der Waals surface area contributed by atoms with Crippen LogP contribution in [0.25, 0.3) is 5.57 Å². The summed E-state index contributed by atoms with van der Waals surface area (Å²) in [4.78, 5) is 51.6. The van der Waals surface area contributed by atoms with Gasteiger partial charge in [0.05, 0.1) is 45.0 Å². The highest BCUT2D eigenvalue weighted by Gasteiger charge is 2.37. The second kappa shape index (κ2) is 42.1. The second-order valence-electron chi connectivity index (χ2n) is 20.8. The minimum absolute atomic E-state index is 0.0636. The van der Waals surface area contributed by atoms with Gasteiger partial charge in [0.25, 0.3) is 5.88 Å². The molecule has 13 nitrogen and oxygen atoms in total. The van der Waals surface area contributed by atoms with Crippen molar-refractivity contribution in [3.8, 4) is 5.88 Å². The first kappa shape index (κ1) is 63.9. The Labute approximate surface area is 435 Å². The summed E-state index contributed by atoms with van der Waals surface area (Å²) in [6, 6.07) is 0. The van der Waals surface area contributed by atoms with Crippen molar-refractivity contribution >= 4 is 41.4 Å². The molecule has 0 saturated heterocycles. The van der Waals surface area contributed by atoms with Gasteiger partial charge in [0, 0.05) is 37.7 Å². The smallest absolute Gasteiger partial charge is 0.475 e. The lowest BCUT2D eigenvalue weighted by molar-refractivity contribution is -0.944. The molecule has 1 aliphatic heterocycles. The van der Waals surface area contributed by atoms with Crippen LogP contribution in [0.3, 0.4) is 0 Å². The van der Waals surface area contributed by atoms with Gasteiger partial charge in [-0.05, 0) is 19.3 Å². The number of quaternary nitrogens is 1. The van der Waals surface area contributed by atoms with Crippen LogP contribution in [0.1, 0.15) is 259 Å². The molecular formula is C57H102N3O10S+. The number of hydrogen-bond donors (Lipinski definition) is 0. The number of unbranched alkanes of at least 4 members (excludes halogenated alkanes) is 27. The van der Waals surface area contributed by atoms with E-state index in [0.717, 1.165) is 93.7 Å². The van der Waals surface area contributed by atoms with Gasteiger partial charge >= 0.3 is 24.1 Å². The molecule has 2 heterocycles. The zero-order valence-electron chi connectivity index (χ0n) is 45.9. The Hall–Kier alpha value is -3.26. The van der Waals surface area contributed by atoms with Crippen LogP contribution in [-0.4, -0.2) is 96.2 Å². The molecule has 0 spiro atoms. The number of aromatic nitrogens is 2. The van der Waals surface area contributed by atoms with Crippen molar-refractivity contribution in [1.29, 1.82) is 0 Å². The Morgan fingerprint density at radius 3 is 1.49 bits per heavy atom. The van der Waals surface area contributed by atoms with Crippen LogP contribution >= 0.6 is 11.7 Å². The molecule has 2 unspecified atom stereocenters. The summed E-state index contributed by atoms with van der Waals surface area (Å²) in [5, 5.41) is 0. The third kappa shape index (κ3) is 32.5. The van der Waals surface area contributed by atoms with Crippen LogP contribution in [-0.2, 0) is 38.1 Å². The van der Waals surface area contributed by atoms with Gasteiger partial charge in [-0.15, -0.1) is 4.37 Å². The standard InChI is InChI=1S/C57H102N3O10S/c1-7-10-13-16-18-20-22-24-26-28-30-32-34-39-52(61)66-46-51(47-67-53(62)40-35-33-31-29-27-25-23-21-19-17-14-11-8-2)70-54(63)43-48(4)45-68-57(64)69-49(5)60(6)41-37-38-50(44-60)55-56(59-71-58-55)65-42-36-15-12-9-3/h38,48-49,51H,7-37,39-47H2,1-6H3/q+1/t48?,49-,60?/m1/s1. The highest BCUT2D eigenvalue weighted by atomic mass is 32.1. The van der Waals surface area contributed by atoms with Crippen LogP contribution in [0.5, 0.6) is 5.88 Å². The summed E-state index contributed by atoms with van der Waals surface area (Å²) < 4.78 is 43.5. The molecule has 14 heteroatoms. The average molecular weight is 1020 g/mol. The molecule has 0 saturated carbocycles. The van der Waals surface area contributed by atoms with E-state index in [9.17, 15) is 19.2 Å². The van der Waals surface area contributed by atoms with E-state index >= 15 is 0 Å². The van der Waals surface area contributed by atoms with E-state index in [-0.39, 0.29) is 51.0 Å². The van der Waals surface area contributed by atoms with Crippen molar-refractivity contribution in [3.63, 3.8) is 0 Å². The highest BCUT2D eigenvalue weighted by Crippen LogP contribution is 2.32. The first-order chi connectivity index (χ1) is 34.5. The van der Waals surface area contributed by atoms with Crippen molar-refractivity contribution in [1.82, 2.24) is 8.75 Å². The Kier molecular flexibility index (Phi) is 37.9. The van der Waals surface area contributed by atoms with Crippen LogP contribution < -0.4 is 4.74 Å². The van der Waals surface area contributed by atoms with Crippen molar-refractivity contribution in [2.75, 3.05) is 46.6 Å².